The zero-order chi connectivity index (χ0) is 10.9. The van der Waals surface area contributed by atoms with Crippen LogP contribution in [-0.2, 0) is 11.3 Å². The number of nitrogens with one attached hydrogen (secondary N) is 1. The van der Waals surface area contributed by atoms with Gasteiger partial charge in [0, 0.05) is 6.54 Å². The Balaban J connectivity index is 2.25. The molecule has 3 nitrogen and oxygen atoms in total. The van der Waals surface area contributed by atoms with E-state index < -0.39 is 6.09 Å². The first kappa shape index (κ1) is 11.1. The van der Waals surface area contributed by atoms with Crippen LogP contribution in [-0.4, -0.2) is 12.6 Å². The smallest absolute Gasteiger partial charge is 0.407 e. The highest BCUT2D eigenvalue weighted by molar-refractivity contribution is 5.67. The number of carbonyl (C=O) groups excluding carboxylic acids is 1. The van der Waals surface area contributed by atoms with Crippen molar-refractivity contribution in [3.63, 3.8) is 0 Å². The number of hydrogen-bond acceptors (Lipinski definition) is 2. The van der Waals surface area contributed by atoms with Crippen molar-refractivity contribution in [2.45, 2.75) is 6.61 Å². The molecule has 0 heterocycles. The minimum atomic E-state index is -0.439. The third-order valence-corrected chi connectivity index (χ3v) is 1.71. The van der Waals surface area contributed by atoms with Crippen molar-refractivity contribution < 1.29 is 9.53 Å². The standard InChI is InChI=1S/C12H13NO2/c1-2-3-9-13-12(14)15-10-11-7-5-4-6-8-11/h3-8H,1,9-10H2,(H,13,14). The number of alkyl carbamates (subject to hydrolysis) is 1. The van der Waals surface area contributed by atoms with Crippen LogP contribution in [0.3, 0.4) is 0 Å². The van der Waals surface area contributed by atoms with Crippen LogP contribution in [0.5, 0.6) is 0 Å². The summed E-state index contributed by atoms with van der Waals surface area (Å²) in [5, 5.41) is 2.53. The molecular weight excluding hydrogens is 190 g/mol. The third-order valence-electron chi connectivity index (χ3n) is 1.71. The molecule has 15 heavy (non-hydrogen) atoms. The second-order valence-corrected chi connectivity index (χ2v) is 2.85. The van der Waals surface area contributed by atoms with Gasteiger partial charge in [-0.25, -0.2) is 4.79 Å². The van der Waals surface area contributed by atoms with E-state index in [4.69, 9.17) is 4.74 Å². The maximum absolute atomic E-state index is 11.1. The van der Waals surface area contributed by atoms with Crippen LogP contribution in [0.2, 0.25) is 0 Å². The molecule has 0 fully saturated rings. The van der Waals surface area contributed by atoms with E-state index in [9.17, 15) is 4.79 Å². The van der Waals surface area contributed by atoms with E-state index in [1.165, 1.54) is 0 Å². The van der Waals surface area contributed by atoms with Crippen molar-refractivity contribution in [1.29, 1.82) is 0 Å². The molecule has 0 aliphatic heterocycles. The van der Waals surface area contributed by atoms with E-state index in [2.05, 4.69) is 17.6 Å². The maximum Gasteiger partial charge on any atom is 0.407 e. The number of rotatable bonds is 4. The minimum absolute atomic E-state index is 0.282. The lowest BCUT2D eigenvalue weighted by atomic mass is 10.2. The highest BCUT2D eigenvalue weighted by Crippen LogP contribution is 2.00. The molecule has 1 N–H and O–H groups in total. The number of benzene rings is 1. The van der Waals surface area contributed by atoms with E-state index in [-0.39, 0.29) is 6.61 Å². The molecule has 0 saturated heterocycles. The zero-order valence-corrected chi connectivity index (χ0v) is 8.40. The molecule has 1 aromatic carbocycles. The number of hydrogen-bond donors (Lipinski definition) is 1. The number of ether oxygens (including phenoxy) is 1. The normalized spacial score (nSPS) is 8.80. The molecule has 1 aromatic rings. The van der Waals surface area contributed by atoms with E-state index in [0.717, 1.165) is 5.56 Å². The number of amides is 1. The molecule has 0 bridgehead atoms. The van der Waals surface area contributed by atoms with Crippen molar-refractivity contribution in [3.05, 3.63) is 54.3 Å². The molecule has 1 rings (SSSR count). The molecule has 1 amide bonds. The van der Waals surface area contributed by atoms with E-state index in [1.807, 2.05) is 30.3 Å². The first-order valence-electron chi connectivity index (χ1n) is 4.62. The van der Waals surface area contributed by atoms with Gasteiger partial charge in [-0.2, -0.15) is 0 Å². The van der Waals surface area contributed by atoms with E-state index in [0.29, 0.717) is 6.54 Å². The zero-order valence-electron chi connectivity index (χ0n) is 8.40. The van der Waals surface area contributed by atoms with Gasteiger partial charge in [0.15, 0.2) is 0 Å². The Kier molecular flexibility index (Phi) is 4.78. The van der Waals surface area contributed by atoms with Gasteiger partial charge in [0.25, 0.3) is 0 Å². The summed E-state index contributed by atoms with van der Waals surface area (Å²) in [7, 11) is 0. The first-order valence-corrected chi connectivity index (χ1v) is 4.62. The van der Waals surface area contributed by atoms with Crippen molar-refractivity contribution in [2.24, 2.45) is 0 Å². The van der Waals surface area contributed by atoms with Crippen LogP contribution in [0.25, 0.3) is 0 Å². The Morgan fingerprint density at radius 2 is 2.20 bits per heavy atom. The van der Waals surface area contributed by atoms with Gasteiger partial charge in [-0.3, -0.25) is 0 Å². The summed E-state index contributed by atoms with van der Waals surface area (Å²) in [4.78, 5) is 11.1. The second kappa shape index (κ2) is 6.46. The first-order chi connectivity index (χ1) is 7.33. The van der Waals surface area contributed by atoms with Crippen molar-refractivity contribution in [1.82, 2.24) is 5.32 Å². The summed E-state index contributed by atoms with van der Waals surface area (Å²) in [6.07, 6.45) is 1.18. The van der Waals surface area contributed by atoms with Crippen LogP contribution in [0, 0.1) is 0 Å². The molecule has 0 aromatic heterocycles. The summed E-state index contributed by atoms with van der Waals surface area (Å²) in [5.41, 5.74) is 3.52. The van der Waals surface area contributed by atoms with Crippen LogP contribution in [0.1, 0.15) is 5.56 Å². The fourth-order valence-corrected chi connectivity index (χ4v) is 0.981. The fraction of sp³-hybridized carbons (Fsp3) is 0.167. The molecule has 78 valence electrons. The molecule has 3 heteroatoms. The lowest BCUT2D eigenvalue weighted by Gasteiger charge is -2.04. The summed E-state index contributed by atoms with van der Waals surface area (Å²) in [5.74, 6) is 0. The van der Waals surface area contributed by atoms with Crippen LogP contribution in [0.4, 0.5) is 4.79 Å². The number of carbonyl (C=O) groups is 1. The van der Waals surface area contributed by atoms with Gasteiger partial charge in [0.2, 0.25) is 0 Å². The molecule has 0 aliphatic carbocycles. The predicted octanol–water partition coefficient (Wildman–Crippen LogP) is 2.25. The van der Waals surface area contributed by atoms with Crippen molar-refractivity contribution in [3.8, 4) is 0 Å². The Hall–Kier alpha value is -1.99. The summed E-state index contributed by atoms with van der Waals surface area (Å²) in [6, 6.07) is 9.51. The Labute approximate surface area is 89.1 Å². The van der Waals surface area contributed by atoms with Crippen molar-refractivity contribution in [2.75, 3.05) is 6.54 Å². The molecule has 0 spiro atoms. The predicted molar refractivity (Wildman–Crippen MR) is 58.3 cm³/mol. The SMILES string of the molecule is C=C=CCNC(=O)OCc1ccccc1. The molecule has 0 radical (unpaired) electrons. The van der Waals surface area contributed by atoms with Gasteiger partial charge in [0.05, 0.1) is 0 Å². The third kappa shape index (κ3) is 4.69. The average Bonchev–Trinajstić information content (AvgIpc) is 2.28. The monoisotopic (exact) mass is 203 g/mol. The minimum Gasteiger partial charge on any atom is -0.445 e. The van der Waals surface area contributed by atoms with Crippen molar-refractivity contribution >= 4 is 6.09 Å². The highest BCUT2D eigenvalue weighted by Gasteiger charge is 1.99. The maximum atomic E-state index is 11.1. The Morgan fingerprint density at radius 1 is 1.47 bits per heavy atom. The van der Waals surface area contributed by atoms with Crippen LogP contribution >= 0.6 is 0 Å². The molecule has 0 atom stereocenters. The fourth-order valence-electron chi connectivity index (χ4n) is 0.981. The lowest BCUT2D eigenvalue weighted by Crippen LogP contribution is -2.23. The summed E-state index contributed by atoms with van der Waals surface area (Å²) in [6.45, 7) is 4.05. The molecular formula is C12H13NO2. The molecule has 0 saturated carbocycles. The Bertz CT molecular complexity index is 353. The van der Waals surface area contributed by atoms with E-state index >= 15 is 0 Å². The van der Waals surface area contributed by atoms with Gasteiger partial charge >= 0.3 is 6.09 Å². The summed E-state index contributed by atoms with van der Waals surface area (Å²) >= 11 is 0. The van der Waals surface area contributed by atoms with E-state index in [1.54, 1.807) is 6.08 Å². The van der Waals surface area contributed by atoms with Gasteiger partial charge in [-0.05, 0) is 11.6 Å². The molecule has 0 unspecified atom stereocenters. The lowest BCUT2D eigenvalue weighted by molar-refractivity contribution is 0.141. The van der Waals surface area contributed by atoms with Crippen LogP contribution in [0.15, 0.2) is 48.7 Å². The van der Waals surface area contributed by atoms with Gasteiger partial charge in [-0.1, -0.05) is 36.9 Å². The van der Waals surface area contributed by atoms with Gasteiger partial charge in [0.1, 0.15) is 6.61 Å². The highest BCUT2D eigenvalue weighted by atomic mass is 16.5. The van der Waals surface area contributed by atoms with Gasteiger partial charge < -0.3 is 10.1 Å². The van der Waals surface area contributed by atoms with Gasteiger partial charge in [-0.15, -0.1) is 5.73 Å². The Morgan fingerprint density at radius 3 is 2.87 bits per heavy atom. The second-order valence-electron chi connectivity index (χ2n) is 2.85. The quantitative estimate of drug-likeness (QED) is 0.762. The van der Waals surface area contributed by atoms with Crippen LogP contribution < -0.4 is 5.32 Å². The average molecular weight is 203 g/mol. The topological polar surface area (TPSA) is 38.3 Å². The molecule has 0 aliphatic rings. The summed E-state index contributed by atoms with van der Waals surface area (Å²) < 4.78 is 4.96. The largest absolute Gasteiger partial charge is 0.445 e.